The Kier molecular flexibility index (Phi) is 3.79. The molecule has 0 aliphatic heterocycles. The van der Waals surface area contributed by atoms with E-state index in [0.717, 1.165) is 39.0 Å². The summed E-state index contributed by atoms with van der Waals surface area (Å²) in [6.07, 6.45) is 4.20. The number of nitrogens with zero attached hydrogens (tertiary/aromatic N) is 4. The van der Waals surface area contributed by atoms with Crippen molar-refractivity contribution in [2.45, 2.75) is 13.3 Å². The van der Waals surface area contributed by atoms with E-state index >= 15 is 0 Å². The van der Waals surface area contributed by atoms with Crippen molar-refractivity contribution >= 4 is 32.8 Å². The predicted molar refractivity (Wildman–Crippen MR) is 87.2 cm³/mol. The minimum absolute atomic E-state index is 0.687. The number of nitrogens with one attached hydrogen (secondary N) is 1. The van der Waals surface area contributed by atoms with E-state index in [2.05, 4.69) is 48.1 Å². The summed E-state index contributed by atoms with van der Waals surface area (Å²) in [6, 6.07) is 5.87. The molecule has 106 valence electrons. The average molecular weight is 344 g/mol. The van der Waals surface area contributed by atoms with Gasteiger partial charge in [-0.3, -0.25) is 9.97 Å². The number of hydrogen-bond donors (Lipinski definition) is 1. The van der Waals surface area contributed by atoms with Crippen LogP contribution in [0.3, 0.4) is 0 Å². The van der Waals surface area contributed by atoms with E-state index in [1.54, 1.807) is 12.4 Å². The number of fused-ring (bicyclic) bond motifs is 1. The van der Waals surface area contributed by atoms with Gasteiger partial charge in [-0.25, -0.2) is 9.97 Å². The molecule has 1 aromatic carbocycles. The Morgan fingerprint density at radius 1 is 1.10 bits per heavy atom. The average Bonchev–Trinajstić information content (AvgIpc) is 2.54. The summed E-state index contributed by atoms with van der Waals surface area (Å²) in [6.45, 7) is 2.07. The van der Waals surface area contributed by atoms with E-state index in [4.69, 9.17) is 0 Å². The smallest absolute Gasteiger partial charge is 0.161 e. The van der Waals surface area contributed by atoms with E-state index in [1.807, 2.05) is 25.2 Å². The summed E-state index contributed by atoms with van der Waals surface area (Å²) < 4.78 is 0.914. The number of rotatable bonds is 3. The number of anilines is 1. The maximum Gasteiger partial charge on any atom is 0.161 e. The highest BCUT2D eigenvalue weighted by molar-refractivity contribution is 9.10. The predicted octanol–water partition coefficient (Wildman–Crippen LogP) is 3.45. The molecule has 1 N–H and O–H groups in total. The Hall–Kier alpha value is -2.08. The largest absolute Gasteiger partial charge is 0.372 e. The molecule has 2 heterocycles. The highest BCUT2D eigenvalue weighted by atomic mass is 79.9. The Bertz CT molecular complexity index is 778. The minimum Gasteiger partial charge on any atom is -0.372 e. The zero-order valence-electron chi connectivity index (χ0n) is 11.8. The molecule has 6 heteroatoms. The van der Waals surface area contributed by atoms with Crippen LogP contribution in [0.4, 0.5) is 5.82 Å². The van der Waals surface area contributed by atoms with Gasteiger partial charge in [0.15, 0.2) is 5.82 Å². The van der Waals surface area contributed by atoms with Crippen LogP contribution in [-0.4, -0.2) is 27.0 Å². The molecule has 3 aromatic rings. The molecule has 0 aliphatic carbocycles. The lowest BCUT2D eigenvalue weighted by Crippen LogP contribution is -2.02. The van der Waals surface area contributed by atoms with Gasteiger partial charge in [-0.15, -0.1) is 0 Å². The van der Waals surface area contributed by atoms with Gasteiger partial charge in [-0.05, 0) is 40.5 Å². The first kappa shape index (κ1) is 13.9. The molecule has 0 aliphatic rings. The highest BCUT2D eigenvalue weighted by Gasteiger charge is 2.12. The van der Waals surface area contributed by atoms with Crippen molar-refractivity contribution < 1.29 is 0 Å². The highest BCUT2D eigenvalue weighted by Crippen LogP contribution is 2.28. The third-order valence-corrected chi connectivity index (χ3v) is 4.05. The number of benzene rings is 1. The van der Waals surface area contributed by atoms with Gasteiger partial charge >= 0.3 is 0 Å². The van der Waals surface area contributed by atoms with Crippen molar-refractivity contribution in [3.63, 3.8) is 0 Å². The molecule has 2 aromatic heterocycles. The van der Waals surface area contributed by atoms with E-state index < -0.39 is 0 Å². The summed E-state index contributed by atoms with van der Waals surface area (Å²) in [5.41, 5.74) is 3.61. The molecule has 0 radical (unpaired) electrons. The van der Waals surface area contributed by atoms with Gasteiger partial charge in [0.05, 0.1) is 21.2 Å². The maximum atomic E-state index is 4.63. The zero-order chi connectivity index (χ0) is 14.8. The number of aryl methyl sites for hydroxylation is 1. The summed E-state index contributed by atoms with van der Waals surface area (Å²) in [5, 5.41) is 3.09. The molecule has 21 heavy (non-hydrogen) atoms. The minimum atomic E-state index is 0.687. The maximum absolute atomic E-state index is 4.63. The fraction of sp³-hybridized carbons (Fsp3) is 0.200. The molecule has 0 saturated carbocycles. The second-order valence-corrected chi connectivity index (χ2v) is 5.31. The van der Waals surface area contributed by atoms with Crippen molar-refractivity contribution in [1.82, 2.24) is 19.9 Å². The molecule has 0 fully saturated rings. The zero-order valence-corrected chi connectivity index (χ0v) is 13.3. The van der Waals surface area contributed by atoms with E-state index in [-0.39, 0.29) is 0 Å². The fourth-order valence-electron chi connectivity index (χ4n) is 2.12. The number of halogens is 1. The Balaban J connectivity index is 2.17. The molecule has 0 saturated heterocycles. The molecular weight excluding hydrogens is 330 g/mol. The van der Waals surface area contributed by atoms with Gasteiger partial charge < -0.3 is 5.32 Å². The Labute approximate surface area is 131 Å². The van der Waals surface area contributed by atoms with Gasteiger partial charge in [0, 0.05) is 25.0 Å². The van der Waals surface area contributed by atoms with Crippen LogP contribution < -0.4 is 5.32 Å². The lowest BCUT2D eigenvalue weighted by molar-refractivity contribution is 0.991. The SMILES string of the molecule is CCc1nc(-c2ccc3nccnc3c2)nc(NC)c1Br. The second kappa shape index (κ2) is 5.73. The fourth-order valence-corrected chi connectivity index (χ4v) is 2.78. The van der Waals surface area contributed by atoms with E-state index in [0.29, 0.717) is 5.82 Å². The normalized spacial score (nSPS) is 10.8. The van der Waals surface area contributed by atoms with Crippen molar-refractivity contribution in [3.8, 4) is 11.4 Å². The van der Waals surface area contributed by atoms with Crippen LogP contribution in [0.15, 0.2) is 35.1 Å². The molecule has 0 bridgehead atoms. The lowest BCUT2D eigenvalue weighted by atomic mass is 10.1. The second-order valence-electron chi connectivity index (χ2n) is 4.52. The van der Waals surface area contributed by atoms with Crippen LogP contribution >= 0.6 is 15.9 Å². The first-order valence-electron chi connectivity index (χ1n) is 6.68. The Morgan fingerprint density at radius 3 is 2.57 bits per heavy atom. The van der Waals surface area contributed by atoms with E-state index in [9.17, 15) is 0 Å². The monoisotopic (exact) mass is 343 g/mol. The first-order valence-corrected chi connectivity index (χ1v) is 7.47. The van der Waals surface area contributed by atoms with Crippen molar-refractivity contribution in [1.29, 1.82) is 0 Å². The molecule has 0 atom stereocenters. The molecule has 0 unspecified atom stereocenters. The summed E-state index contributed by atoms with van der Waals surface area (Å²) >= 11 is 3.54. The summed E-state index contributed by atoms with van der Waals surface area (Å²) in [7, 11) is 1.85. The van der Waals surface area contributed by atoms with Crippen LogP contribution in [0.25, 0.3) is 22.4 Å². The molecular formula is C15H14BrN5. The van der Waals surface area contributed by atoms with Gasteiger partial charge in [-0.1, -0.05) is 6.92 Å². The van der Waals surface area contributed by atoms with Crippen LogP contribution in [0.2, 0.25) is 0 Å². The third-order valence-electron chi connectivity index (χ3n) is 3.22. The lowest BCUT2D eigenvalue weighted by Gasteiger charge is -2.10. The van der Waals surface area contributed by atoms with Gasteiger partial charge in [0.2, 0.25) is 0 Å². The van der Waals surface area contributed by atoms with Crippen molar-refractivity contribution in [2.75, 3.05) is 12.4 Å². The molecule has 5 nitrogen and oxygen atoms in total. The molecule has 3 rings (SSSR count). The molecule has 0 amide bonds. The van der Waals surface area contributed by atoms with Crippen LogP contribution in [0, 0.1) is 0 Å². The summed E-state index contributed by atoms with van der Waals surface area (Å²) in [5.74, 6) is 1.48. The van der Waals surface area contributed by atoms with Crippen molar-refractivity contribution in [3.05, 3.63) is 40.8 Å². The topological polar surface area (TPSA) is 63.6 Å². The van der Waals surface area contributed by atoms with Crippen molar-refractivity contribution in [2.24, 2.45) is 0 Å². The van der Waals surface area contributed by atoms with Gasteiger partial charge in [-0.2, -0.15) is 0 Å². The standard InChI is InChI=1S/C15H14BrN5/c1-3-10-13(16)15(17-2)21-14(20-10)9-4-5-11-12(8-9)19-7-6-18-11/h4-8H,3H2,1-2H3,(H,17,20,21). The molecule has 0 spiro atoms. The summed E-state index contributed by atoms with van der Waals surface area (Å²) in [4.78, 5) is 17.8. The number of aromatic nitrogens is 4. The first-order chi connectivity index (χ1) is 10.2. The van der Waals surface area contributed by atoms with Crippen LogP contribution in [-0.2, 0) is 6.42 Å². The van der Waals surface area contributed by atoms with Crippen LogP contribution in [0.1, 0.15) is 12.6 Å². The number of hydrogen-bond acceptors (Lipinski definition) is 5. The van der Waals surface area contributed by atoms with Gasteiger partial charge in [0.1, 0.15) is 5.82 Å². The Morgan fingerprint density at radius 2 is 1.86 bits per heavy atom. The van der Waals surface area contributed by atoms with Crippen LogP contribution in [0.5, 0.6) is 0 Å². The third kappa shape index (κ3) is 2.58. The van der Waals surface area contributed by atoms with E-state index in [1.165, 1.54) is 0 Å². The quantitative estimate of drug-likeness (QED) is 0.788. The van der Waals surface area contributed by atoms with Gasteiger partial charge in [0.25, 0.3) is 0 Å².